The minimum Gasteiger partial charge on any atom is -0.396 e. The summed E-state index contributed by atoms with van der Waals surface area (Å²) in [6.45, 7) is 9.06. The first kappa shape index (κ1) is 14.6. The lowest BCUT2D eigenvalue weighted by molar-refractivity contribution is -0.116. The van der Waals surface area contributed by atoms with E-state index in [9.17, 15) is 4.79 Å². The number of aldehydes is 1. The molecule has 0 rings (SSSR count). The molecule has 0 amide bonds. The van der Waals surface area contributed by atoms with E-state index in [1.165, 1.54) is 0 Å². The smallest absolute Gasteiger partial charge is 0.127 e. The fourth-order valence-corrected chi connectivity index (χ4v) is 1.90. The molecule has 0 bridgehead atoms. The van der Waals surface area contributed by atoms with Crippen LogP contribution < -0.4 is 0 Å². The molecule has 90 valence electrons. The number of hydrogen-bond donors (Lipinski definition) is 1. The van der Waals surface area contributed by atoms with E-state index < -0.39 is 0 Å². The molecule has 0 saturated carbocycles. The molecule has 0 aromatic rings. The van der Waals surface area contributed by atoms with Crippen LogP contribution in [0.5, 0.6) is 0 Å². The minimum atomic E-state index is -0.222. The fourth-order valence-electron chi connectivity index (χ4n) is 1.90. The first-order chi connectivity index (χ1) is 7.11. The summed E-state index contributed by atoms with van der Waals surface area (Å²) in [6.07, 6.45) is 3.84. The molecule has 3 heteroatoms. The van der Waals surface area contributed by atoms with E-state index in [0.29, 0.717) is 0 Å². The van der Waals surface area contributed by atoms with Crippen LogP contribution in [0.3, 0.4) is 0 Å². The van der Waals surface area contributed by atoms with Crippen molar-refractivity contribution in [3.63, 3.8) is 0 Å². The van der Waals surface area contributed by atoms with E-state index in [2.05, 4.69) is 18.7 Å². The van der Waals surface area contributed by atoms with Crippen molar-refractivity contribution >= 4 is 6.29 Å². The zero-order valence-electron chi connectivity index (χ0n) is 10.3. The van der Waals surface area contributed by atoms with Crippen LogP contribution in [-0.4, -0.2) is 42.5 Å². The van der Waals surface area contributed by atoms with Gasteiger partial charge < -0.3 is 14.8 Å². The first-order valence-corrected chi connectivity index (χ1v) is 5.91. The average Bonchev–Trinajstić information content (AvgIpc) is 2.24. The molecule has 0 fully saturated rings. The molecular weight excluding hydrogens is 190 g/mol. The van der Waals surface area contributed by atoms with Crippen LogP contribution in [0.1, 0.15) is 40.0 Å². The van der Waals surface area contributed by atoms with Crippen molar-refractivity contribution in [2.75, 3.05) is 26.2 Å². The summed E-state index contributed by atoms with van der Waals surface area (Å²) >= 11 is 0. The molecule has 1 atom stereocenters. The monoisotopic (exact) mass is 215 g/mol. The molecule has 0 aliphatic rings. The second-order valence-corrected chi connectivity index (χ2v) is 4.47. The molecule has 15 heavy (non-hydrogen) atoms. The van der Waals surface area contributed by atoms with E-state index in [-0.39, 0.29) is 12.0 Å². The van der Waals surface area contributed by atoms with Gasteiger partial charge in [-0.15, -0.1) is 0 Å². The van der Waals surface area contributed by atoms with Gasteiger partial charge in [-0.25, -0.2) is 0 Å². The van der Waals surface area contributed by atoms with Gasteiger partial charge in [0.15, 0.2) is 0 Å². The third-order valence-corrected chi connectivity index (χ3v) is 2.77. The van der Waals surface area contributed by atoms with E-state index in [1.54, 1.807) is 0 Å². The molecule has 3 nitrogen and oxygen atoms in total. The van der Waals surface area contributed by atoms with Crippen LogP contribution in [-0.2, 0) is 4.79 Å². The second kappa shape index (κ2) is 7.83. The lowest BCUT2D eigenvalue weighted by Gasteiger charge is -2.30. The lowest BCUT2D eigenvalue weighted by atomic mass is 9.86. The number of rotatable bonds is 9. The molecular formula is C12H25NO2. The largest absolute Gasteiger partial charge is 0.396 e. The van der Waals surface area contributed by atoms with Crippen molar-refractivity contribution in [2.45, 2.75) is 40.0 Å². The van der Waals surface area contributed by atoms with Crippen molar-refractivity contribution in [1.82, 2.24) is 4.90 Å². The number of aliphatic hydroxyl groups is 1. The molecule has 0 heterocycles. The van der Waals surface area contributed by atoms with Gasteiger partial charge in [0, 0.05) is 25.1 Å². The first-order valence-electron chi connectivity index (χ1n) is 5.91. The summed E-state index contributed by atoms with van der Waals surface area (Å²) in [5.41, 5.74) is -0.222. The van der Waals surface area contributed by atoms with E-state index in [1.807, 2.05) is 6.92 Å². The van der Waals surface area contributed by atoms with Crippen LogP contribution in [0.4, 0.5) is 0 Å². The predicted octanol–water partition coefficient (Wildman–Crippen LogP) is 1.70. The Morgan fingerprint density at radius 1 is 1.40 bits per heavy atom. The van der Waals surface area contributed by atoms with Crippen LogP contribution >= 0.6 is 0 Å². The number of nitrogens with zero attached hydrogens (tertiary/aromatic N) is 1. The molecule has 0 radical (unpaired) electrons. The van der Waals surface area contributed by atoms with Gasteiger partial charge in [-0.2, -0.15) is 0 Å². The van der Waals surface area contributed by atoms with Crippen LogP contribution in [0, 0.1) is 5.41 Å². The van der Waals surface area contributed by atoms with Crippen LogP contribution in [0.15, 0.2) is 0 Å². The fraction of sp³-hybridized carbons (Fsp3) is 0.917. The van der Waals surface area contributed by atoms with Crippen molar-refractivity contribution < 1.29 is 9.90 Å². The van der Waals surface area contributed by atoms with Gasteiger partial charge in [-0.1, -0.05) is 27.2 Å². The van der Waals surface area contributed by atoms with Crippen molar-refractivity contribution in [1.29, 1.82) is 0 Å². The Balaban J connectivity index is 4.15. The van der Waals surface area contributed by atoms with E-state index in [4.69, 9.17) is 5.11 Å². The maximum atomic E-state index is 11.1. The Morgan fingerprint density at radius 3 is 2.47 bits per heavy atom. The molecule has 0 aliphatic heterocycles. The number of carbonyl (C=O) groups excluding carboxylic acids is 1. The SMILES string of the molecule is CCCC(C)(C=O)CN(CC)CCCO. The highest BCUT2D eigenvalue weighted by molar-refractivity contribution is 5.58. The van der Waals surface area contributed by atoms with Gasteiger partial charge >= 0.3 is 0 Å². The Bertz CT molecular complexity index is 173. The summed E-state index contributed by atoms with van der Waals surface area (Å²) in [7, 11) is 0. The highest BCUT2D eigenvalue weighted by atomic mass is 16.3. The third-order valence-electron chi connectivity index (χ3n) is 2.77. The topological polar surface area (TPSA) is 40.5 Å². The van der Waals surface area contributed by atoms with Gasteiger partial charge in [0.05, 0.1) is 0 Å². The van der Waals surface area contributed by atoms with Gasteiger partial charge in [-0.3, -0.25) is 0 Å². The van der Waals surface area contributed by atoms with Gasteiger partial charge in [-0.05, 0) is 19.4 Å². The molecule has 0 aromatic heterocycles. The summed E-state index contributed by atoms with van der Waals surface area (Å²) in [6, 6.07) is 0. The molecule has 0 aliphatic carbocycles. The maximum Gasteiger partial charge on any atom is 0.127 e. The normalized spacial score (nSPS) is 15.3. The van der Waals surface area contributed by atoms with Gasteiger partial charge in [0.2, 0.25) is 0 Å². The third kappa shape index (κ3) is 5.90. The number of carbonyl (C=O) groups is 1. The summed E-state index contributed by atoms with van der Waals surface area (Å²) in [4.78, 5) is 13.3. The Kier molecular flexibility index (Phi) is 7.61. The predicted molar refractivity (Wildman–Crippen MR) is 62.9 cm³/mol. The number of hydrogen-bond acceptors (Lipinski definition) is 3. The Labute approximate surface area is 93.5 Å². The van der Waals surface area contributed by atoms with Crippen molar-refractivity contribution in [3.05, 3.63) is 0 Å². The van der Waals surface area contributed by atoms with Gasteiger partial charge in [0.1, 0.15) is 6.29 Å². The molecule has 1 N–H and O–H groups in total. The molecule has 1 unspecified atom stereocenters. The average molecular weight is 215 g/mol. The standard InChI is InChI=1S/C12H25NO2/c1-4-7-12(3,11-15)10-13(5-2)8-6-9-14/h11,14H,4-10H2,1-3H3. The highest BCUT2D eigenvalue weighted by Gasteiger charge is 2.24. The summed E-state index contributed by atoms with van der Waals surface area (Å²) < 4.78 is 0. The Morgan fingerprint density at radius 2 is 2.07 bits per heavy atom. The zero-order valence-corrected chi connectivity index (χ0v) is 10.3. The van der Waals surface area contributed by atoms with E-state index in [0.717, 1.165) is 45.2 Å². The number of aliphatic hydroxyl groups excluding tert-OH is 1. The Hall–Kier alpha value is -0.410. The summed E-state index contributed by atoms with van der Waals surface area (Å²) in [5.74, 6) is 0. The van der Waals surface area contributed by atoms with Crippen LogP contribution in [0.25, 0.3) is 0 Å². The molecule has 0 spiro atoms. The van der Waals surface area contributed by atoms with Crippen molar-refractivity contribution in [3.8, 4) is 0 Å². The minimum absolute atomic E-state index is 0.222. The molecule has 0 aromatic carbocycles. The summed E-state index contributed by atoms with van der Waals surface area (Å²) in [5, 5.41) is 8.77. The van der Waals surface area contributed by atoms with E-state index >= 15 is 0 Å². The van der Waals surface area contributed by atoms with Gasteiger partial charge in [0.25, 0.3) is 0 Å². The maximum absolute atomic E-state index is 11.1. The highest BCUT2D eigenvalue weighted by Crippen LogP contribution is 2.21. The lowest BCUT2D eigenvalue weighted by Crippen LogP contribution is -2.37. The molecule has 0 saturated heterocycles. The second-order valence-electron chi connectivity index (χ2n) is 4.47. The zero-order chi connectivity index (χ0) is 11.7. The quantitative estimate of drug-likeness (QED) is 0.595. The van der Waals surface area contributed by atoms with Crippen LogP contribution in [0.2, 0.25) is 0 Å². The van der Waals surface area contributed by atoms with Crippen molar-refractivity contribution in [2.24, 2.45) is 5.41 Å².